The molecule has 0 radical (unpaired) electrons. The van der Waals surface area contributed by atoms with Gasteiger partial charge in [0.25, 0.3) is 0 Å². The van der Waals surface area contributed by atoms with Gasteiger partial charge in [-0.2, -0.15) is 4.68 Å². The van der Waals surface area contributed by atoms with Crippen LogP contribution in [0, 0.1) is 6.92 Å². The van der Waals surface area contributed by atoms with Crippen LogP contribution in [0.5, 0.6) is 0 Å². The molecule has 7 nitrogen and oxygen atoms in total. The van der Waals surface area contributed by atoms with Gasteiger partial charge in [-0.3, -0.25) is 0 Å². The Bertz CT molecular complexity index is 802. The Kier molecular flexibility index (Phi) is 5.22. The van der Waals surface area contributed by atoms with Gasteiger partial charge in [-0.25, -0.2) is 9.59 Å². The average molecular weight is 364 g/mol. The summed E-state index contributed by atoms with van der Waals surface area (Å²) >= 11 is 6.20. The molecule has 0 saturated heterocycles. The van der Waals surface area contributed by atoms with Crippen molar-refractivity contribution in [3.8, 4) is 5.69 Å². The van der Waals surface area contributed by atoms with Gasteiger partial charge in [-0.15, -0.1) is 4.68 Å². The van der Waals surface area contributed by atoms with Crippen molar-refractivity contribution in [2.45, 2.75) is 52.0 Å². The van der Waals surface area contributed by atoms with Crippen molar-refractivity contribution in [2.75, 3.05) is 6.54 Å². The van der Waals surface area contributed by atoms with E-state index >= 15 is 0 Å². The molecule has 0 atom stereocenters. The number of tetrazole rings is 1. The van der Waals surface area contributed by atoms with E-state index in [1.165, 1.54) is 6.42 Å². The van der Waals surface area contributed by atoms with Crippen LogP contribution in [0.2, 0.25) is 5.02 Å². The maximum absolute atomic E-state index is 12.9. The summed E-state index contributed by atoms with van der Waals surface area (Å²) in [5.74, 6) is 0. The maximum atomic E-state index is 12.9. The molecule has 1 aliphatic carbocycles. The van der Waals surface area contributed by atoms with Gasteiger partial charge >= 0.3 is 11.7 Å². The van der Waals surface area contributed by atoms with Crippen LogP contribution < -0.4 is 5.69 Å². The number of carbonyl (C=O) groups is 1. The lowest BCUT2D eigenvalue weighted by molar-refractivity contribution is 0.157. The molecule has 1 amide bonds. The molecule has 1 aromatic heterocycles. The summed E-state index contributed by atoms with van der Waals surface area (Å²) in [4.78, 5) is 27.3. The predicted octanol–water partition coefficient (Wildman–Crippen LogP) is 3.01. The minimum atomic E-state index is -0.601. The van der Waals surface area contributed by atoms with Crippen molar-refractivity contribution in [3.05, 3.63) is 39.3 Å². The molecule has 1 heterocycles. The third-order valence-electron chi connectivity index (χ3n) is 4.76. The fourth-order valence-electron chi connectivity index (χ4n) is 3.46. The van der Waals surface area contributed by atoms with Crippen LogP contribution in [-0.2, 0) is 0 Å². The summed E-state index contributed by atoms with van der Waals surface area (Å²) < 4.78 is 1.92. The topological polar surface area (TPSA) is 73.0 Å². The summed E-state index contributed by atoms with van der Waals surface area (Å²) in [5, 5.41) is 8.07. The van der Waals surface area contributed by atoms with E-state index < -0.39 is 11.7 Å². The number of aromatic nitrogens is 4. The van der Waals surface area contributed by atoms with E-state index in [1.54, 1.807) is 17.0 Å². The maximum Gasteiger partial charge on any atom is 0.377 e. The van der Waals surface area contributed by atoms with Crippen molar-refractivity contribution < 1.29 is 4.79 Å². The Morgan fingerprint density at radius 2 is 2.00 bits per heavy atom. The third kappa shape index (κ3) is 3.33. The van der Waals surface area contributed by atoms with E-state index in [4.69, 9.17) is 11.6 Å². The molecule has 25 heavy (non-hydrogen) atoms. The number of rotatable bonds is 3. The Labute approximate surface area is 151 Å². The molecule has 2 aromatic rings. The summed E-state index contributed by atoms with van der Waals surface area (Å²) in [7, 11) is 0. The molecule has 1 aliphatic rings. The zero-order valence-electron chi connectivity index (χ0n) is 14.5. The van der Waals surface area contributed by atoms with Crippen molar-refractivity contribution in [1.82, 2.24) is 24.7 Å². The Morgan fingerprint density at radius 1 is 1.28 bits per heavy atom. The third-order valence-corrected chi connectivity index (χ3v) is 5.07. The number of benzene rings is 1. The number of para-hydroxylation sites is 1. The Morgan fingerprint density at radius 3 is 2.64 bits per heavy atom. The van der Waals surface area contributed by atoms with Gasteiger partial charge in [0.05, 0.1) is 10.7 Å². The van der Waals surface area contributed by atoms with Crippen LogP contribution in [0.3, 0.4) is 0 Å². The highest BCUT2D eigenvalue weighted by Gasteiger charge is 2.28. The first kappa shape index (κ1) is 17.7. The molecule has 0 aliphatic heterocycles. The summed E-state index contributed by atoms with van der Waals surface area (Å²) in [6, 6.07) is 5.04. The van der Waals surface area contributed by atoms with Gasteiger partial charge < -0.3 is 4.90 Å². The second-order valence-corrected chi connectivity index (χ2v) is 6.76. The van der Waals surface area contributed by atoms with Crippen LogP contribution in [0.4, 0.5) is 4.79 Å². The van der Waals surface area contributed by atoms with Gasteiger partial charge in [0.2, 0.25) is 0 Å². The smallest absolute Gasteiger partial charge is 0.320 e. The number of carbonyl (C=O) groups excluding carboxylic acids is 1. The summed E-state index contributed by atoms with van der Waals surface area (Å²) in [5.41, 5.74) is 0.637. The van der Waals surface area contributed by atoms with Crippen LogP contribution in [-0.4, -0.2) is 43.3 Å². The predicted molar refractivity (Wildman–Crippen MR) is 95.4 cm³/mol. The van der Waals surface area contributed by atoms with E-state index in [9.17, 15) is 9.59 Å². The fraction of sp³-hybridized carbons (Fsp3) is 0.529. The van der Waals surface area contributed by atoms with Gasteiger partial charge in [-0.05, 0) is 48.7 Å². The monoisotopic (exact) mass is 363 g/mol. The number of amides is 1. The van der Waals surface area contributed by atoms with E-state index in [2.05, 4.69) is 10.4 Å². The van der Waals surface area contributed by atoms with E-state index in [0.29, 0.717) is 17.3 Å². The lowest BCUT2D eigenvalue weighted by Gasteiger charge is -2.32. The number of aryl methyl sites for hydroxylation is 1. The highest BCUT2D eigenvalue weighted by atomic mass is 35.5. The molecule has 8 heteroatoms. The van der Waals surface area contributed by atoms with Gasteiger partial charge in [0.15, 0.2) is 0 Å². The van der Waals surface area contributed by atoms with Crippen molar-refractivity contribution in [3.63, 3.8) is 0 Å². The molecule has 0 N–H and O–H groups in total. The molecule has 1 fully saturated rings. The van der Waals surface area contributed by atoms with E-state index in [1.807, 2.05) is 19.9 Å². The van der Waals surface area contributed by atoms with Gasteiger partial charge in [0.1, 0.15) is 0 Å². The van der Waals surface area contributed by atoms with Crippen LogP contribution >= 0.6 is 11.6 Å². The molecular formula is C17H22ClN5O2. The van der Waals surface area contributed by atoms with Crippen LogP contribution in [0.15, 0.2) is 23.0 Å². The summed E-state index contributed by atoms with van der Waals surface area (Å²) in [6.45, 7) is 4.28. The number of hydrogen-bond donors (Lipinski definition) is 0. The molecule has 134 valence electrons. The molecule has 0 unspecified atom stereocenters. The zero-order chi connectivity index (χ0) is 18.0. The SMILES string of the molecule is CCN(C(=O)n1nnn(-c2c(C)cccc2Cl)c1=O)C1CCCCC1. The lowest BCUT2D eigenvalue weighted by atomic mass is 9.94. The summed E-state index contributed by atoms with van der Waals surface area (Å²) in [6.07, 6.45) is 5.34. The molecule has 1 saturated carbocycles. The van der Waals surface area contributed by atoms with E-state index in [-0.39, 0.29) is 6.04 Å². The van der Waals surface area contributed by atoms with Crippen LogP contribution in [0.1, 0.15) is 44.6 Å². The molecule has 1 aromatic carbocycles. The Balaban J connectivity index is 1.95. The largest absolute Gasteiger partial charge is 0.377 e. The van der Waals surface area contributed by atoms with Crippen molar-refractivity contribution >= 4 is 17.6 Å². The minimum Gasteiger partial charge on any atom is -0.320 e. The first-order valence-electron chi connectivity index (χ1n) is 8.66. The molecule has 3 rings (SSSR count). The second kappa shape index (κ2) is 7.39. The minimum absolute atomic E-state index is 0.158. The number of nitrogens with zero attached hydrogens (tertiary/aromatic N) is 5. The quantitative estimate of drug-likeness (QED) is 0.786. The van der Waals surface area contributed by atoms with E-state index in [0.717, 1.165) is 40.6 Å². The van der Waals surface area contributed by atoms with Crippen molar-refractivity contribution in [2.24, 2.45) is 0 Å². The highest BCUT2D eigenvalue weighted by molar-refractivity contribution is 6.32. The van der Waals surface area contributed by atoms with Crippen LogP contribution in [0.25, 0.3) is 5.69 Å². The molecular weight excluding hydrogens is 342 g/mol. The van der Waals surface area contributed by atoms with Gasteiger partial charge in [-0.1, -0.05) is 43.0 Å². The van der Waals surface area contributed by atoms with Crippen molar-refractivity contribution in [1.29, 1.82) is 0 Å². The molecule has 0 spiro atoms. The first-order valence-corrected chi connectivity index (χ1v) is 9.04. The lowest BCUT2D eigenvalue weighted by Crippen LogP contribution is -2.47. The van der Waals surface area contributed by atoms with Gasteiger partial charge in [0, 0.05) is 12.6 Å². The number of hydrogen-bond acceptors (Lipinski definition) is 4. The normalized spacial score (nSPS) is 15.3. The number of halogens is 1. The highest BCUT2D eigenvalue weighted by Crippen LogP contribution is 2.23. The Hall–Kier alpha value is -2.15. The first-order chi connectivity index (χ1) is 12.0. The zero-order valence-corrected chi connectivity index (χ0v) is 15.2. The average Bonchev–Trinajstić information content (AvgIpc) is 2.98. The standard InChI is InChI=1S/C17H22ClN5O2/c1-3-21(13-9-5-4-6-10-13)16(24)23-17(25)22(19-20-23)15-12(2)8-7-11-14(15)18/h7-8,11,13H,3-6,9-10H2,1-2H3. The fourth-order valence-corrected chi connectivity index (χ4v) is 3.76. The second-order valence-electron chi connectivity index (χ2n) is 6.35. The molecule has 0 bridgehead atoms.